The van der Waals surface area contributed by atoms with E-state index in [1.165, 1.54) is 18.4 Å². The van der Waals surface area contributed by atoms with E-state index in [0.29, 0.717) is 0 Å². The molecule has 1 amide bonds. The molecular formula is C15H19BrN2O. The summed E-state index contributed by atoms with van der Waals surface area (Å²) < 4.78 is 1.11. The fourth-order valence-corrected chi connectivity index (χ4v) is 3.22. The van der Waals surface area contributed by atoms with Gasteiger partial charge >= 0.3 is 0 Å². The van der Waals surface area contributed by atoms with Gasteiger partial charge in [0.05, 0.1) is 5.92 Å². The number of amides is 1. The molecule has 3 rings (SSSR count). The van der Waals surface area contributed by atoms with Crippen LogP contribution in [0.5, 0.6) is 0 Å². The number of rotatable bonds is 4. The minimum absolute atomic E-state index is 0.165. The fraction of sp³-hybridized carbons (Fsp3) is 0.533. The van der Waals surface area contributed by atoms with Gasteiger partial charge < -0.3 is 10.6 Å². The lowest BCUT2D eigenvalue weighted by molar-refractivity contribution is -0.124. The Balaban J connectivity index is 1.61. The largest absolute Gasteiger partial charge is 0.355 e. The van der Waals surface area contributed by atoms with Crippen LogP contribution in [0.4, 0.5) is 0 Å². The van der Waals surface area contributed by atoms with Gasteiger partial charge in [-0.1, -0.05) is 28.1 Å². The third-order valence-corrected chi connectivity index (χ3v) is 4.82. The minimum Gasteiger partial charge on any atom is -0.355 e. The summed E-state index contributed by atoms with van der Waals surface area (Å²) in [5.74, 6) is 0.379. The van der Waals surface area contributed by atoms with Gasteiger partial charge in [0, 0.05) is 23.0 Å². The first-order valence-electron chi connectivity index (χ1n) is 6.94. The molecule has 2 aliphatic rings. The third-order valence-electron chi connectivity index (χ3n) is 4.32. The molecule has 1 unspecified atom stereocenters. The van der Waals surface area contributed by atoms with Gasteiger partial charge in [0.1, 0.15) is 0 Å². The highest BCUT2D eigenvalue weighted by Crippen LogP contribution is 2.48. The van der Waals surface area contributed by atoms with E-state index in [0.717, 1.165) is 30.5 Å². The molecule has 1 saturated heterocycles. The van der Waals surface area contributed by atoms with Crippen LogP contribution >= 0.6 is 15.9 Å². The predicted octanol–water partition coefficient (Wildman–Crippen LogP) is 2.21. The van der Waals surface area contributed by atoms with Gasteiger partial charge in [-0.15, -0.1) is 0 Å². The second-order valence-electron chi connectivity index (χ2n) is 5.70. The Morgan fingerprint density at radius 3 is 2.95 bits per heavy atom. The smallest absolute Gasteiger partial charge is 0.224 e. The highest BCUT2D eigenvalue weighted by atomic mass is 79.9. The van der Waals surface area contributed by atoms with E-state index in [-0.39, 0.29) is 17.2 Å². The molecule has 3 nitrogen and oxygen atoms in total. The molecule has 102 valence electrons. The van der Waals surface area contributed by atoms with Gasteiger partial charge in [-0.2, -0.15) is 0 Å². The Hall–Kier alpha value is -0.870. The Labute approximate surface area is 122 Å². The van der Waals surface area contributed by atoms with Crippen molar-refractivity contribution in [3.05, 3.63) is 34.3 Å². The molecule has 1 aromatic carbocycles. The quantitative estimate of drug-likeness (QED) is 0.892. The van der Waals surface area contributed by atoms with Crippen LogP contribution < -0.4 is 10.6 Å². The van der Waals surface area contributed by atoms with E-state index in [9.17, 15) is 4.79 Å². The number of hydrogen-bond donors (Lipinski definition) is 2. The summed E-state index contributed by atoms with van der Waals surface area (Å²) >= 11 is 3.52. The maximum atomic E-state index is 12.1. The normalized spacial score (nSPS) is 24.2. The number of halogens is 1. The molecule has 2 N–H and O–H groups in total. The van der Waals surface area contributed by atoms with Crippen molar-refractivity contribution in [2.24, 2.45) is 5.92 Å². The number of benzene rings is 1. The molecule has 1 saturated carbocycles. The standard InChI is InChI=1S/C15H19BrN2O/c16-13-3-1-2-12(8-13)15(5-6-15)10-18-14(19)11-4-7-17-9-11/h1-3,8,11,17H,4-7,9-10H2,(H,18,19). The van der Waals surface area contributed by atoms with Gasteiger partial charge in [-0.25, -0.2) is 0 Å². The zero-order chi connectivity index (χ0) is 13.3. The summed E-state index contributed by atoms with van der Waals surface area (Å²) in [7, 11) is 0. The first-order chi connectivity index (χ1) is 9.20. The minimum atomic E-state index is 0.165. The van der Waals surface area contributed by atoms with Crippen molar-refractivity contribution in [2.75, 3.05) is 19.6 Å². The summed E-state index contributed by atoms with van der Waals surface area (Å²) in [6.45, 7) is 2.57. The van der Waals surface area contributed by atoms with Gasteiger partial charge in [-0.05, 0) is 43.5 Å². The van der Waals surface area contributed by atoms with E-state index in [2.05, 4.69) is 44.8 Å². The highest BCUT2D eigenvalue weighted by Gasteiger charge is 2.44. The average molecular weight is 323 g/mol. The summed E-state index contributed by atoms with van der Waals surface area (Å²) in [5.41, 5.74) is 1.53. The van der Waals surface area contributed by atoms with Crippen LogP contribution in [0.2, 0.25) is 0 Å². The van der Waals surface area contributed by atoms with E-state index in [4.69, 9.17) is 0 Å². The van der Waals surface area contributed by atoms with Crippen molar-refractivity contribution in [2.45, 2.75) is 24.7 Å². The number of carbonyl (C=O) groups excluding carboxylic acids is 1. The SMILES string of the molecule is O=C(NCC1(c2cccc(Br)c2)CC1)C1CCNC1. The first-order valence-corrected chi connectivity index (χ1v) is 7.73. The van der Waals surface area contributed by atoms with Crippen molar-refractivity contribution in [1.82, 2.24) is 10.6 Å². The van der Waals surface area contributed by atoms with E-state index in [1.54, 1.807) is 0 Å². The van der Waals surface area contributed by atoms with Crippen LogP contribution in [0.3, 0.4) is 0 Å². The lowest BCUT2D eigenvalue weighted by Crippen LogP contribution is -2.37. The predicted molar refractivity (Wildman–Crippen MR) is 79.0 cm³/mol. The molecule has 1 aliphatic heterocycles. The fourth-order valence-electron chi connectivity index (χ4n) is 2.82. The monoisotopic (exact) mass is 322 g/mol. The number of nitrogens with one attached hydrogen (secondary N) is 2. The van der Waals surface area contributed by atoms with Crippen LogP contribution in [-0.2, 0) is 10.2 Å². The first kappa shape index (κ1) is 13.1. The van der Waals surface area contributed by atoms with E-state index in [1.807, 2.05) is 6.07 Å². The van der Waals surface area contributed by atoms with Gasteiger partial charge in [-0.3, -0.25) is 4.79 Å². The summed E-state index contributed by atoms with van der Waals surface area (Å²) in [6, 6.07) is 8.46. The molecule has 19 heavy (non-hydrogen) atoms. The Bertz CT molecular complexity index is 479. The lowest BCUT2D eigenvalue weighted by Gasteiger charge is -2.18. The van der Waals surface area contributed by atoms with Gasteiger partial charge in [0.25, 0.3) is 0 Å². The third kappa shape index (κ3) is 2.84. The van der Waals surface area contributed by atoms with Crippen LogP contribution in [0.1, 0.15) is 24.8 Å². The van der Waals surface area contributed by atoms with Crippen LogP contribution in [-0.4, -0.2) is 25.5 Å². The van der Waals surface area contributed by atoms with Crippen LogP contribution in [0.15, 0.2) is 28.7 Å². The van der Waals surface area contributed by atoms with Gasteiger partial charge in [0.2, 0.25) is 5.91 Å². The summed E-state index contributed by atoms with van der Waals surface area (Å²) in [5, 5.41) is 6.39. The second-order valence-corrected chi connectivity index (χ2v) is 6.61. The molecule has 1 heterocycles. The topological polar surface area (TPSA) is 41.1 Å². The van der Waals surface area contributed by atoms with Crippen molar-refractivity contribution in [1.29, 1.82) is 0 Å². The molecule has 2 fully saturated rings. The maximum absolute atomic E-state index is 12.1. The Morgan fingerprint density at radius 2 is 2.32 bits per heavy atom. The molecule has 1 atom stereocenters. The molecule has 1 aromatic rings. The molecule has 0 radical (unpaired) electrons. The zero-order valence-electron chi connectivity index (χ0n) is 10.9. The zero-order valence-corrected chi connectivity index (χ0v) is 12.5. The van der Waals surface area contributed by atoms with Crippen LogP contribution in [0, 0.1) is 5.92 Å². The molecule has 0 spiro atoms. The molecule has 1 aliphatic carbocycles. The second kappa shape index (κ2) is 5.25. The van der Waals surface area contributed by atoms with Crippen molar-refractivity contribution in [3.63, 3.8) is 0 Å². The van der Waals surface area contributed by atoms with Crippen molar-refractivity contribution < 1.29 is 4.79 Å². The Kier molecular flexibility index (Phi) is 3.63. The molecule has 4 heteroatoms. The highest BCUT2D eigenvalue weighted by molar-refractivity contribution is 9.10. The molecule has 0 aromatic heterocycles. The van der Waals surface area contributed by atoms with Crippen LogP contribution in [0.25, 0.3) is 0 Å². The summed E-state index contributed by atoms with van der Waals surface area (Å²) in [4.78, 5) is 12.1. The van der Waals surface area contributed by atoms with Gasteiger partial charge in [0.15, 0.2) is 0 Å². The molecular weight excluding hydrogens is 304 g/mol. The average Bonchev–Trinajstić information content (AvgIpc) is 3.00. The van der Waals surface area contributed by atoms with E-state index < -0.39 is 0 Å². The lowest BCUT2D eigenvalue weighted by atomic mass is 9.95. The van der Waals surface area contributed by atoms with E-state index >= 15 is 0 Å². The molecule has 0 bridgehead atoms. The summed E-state index contributed by atoms with van der Waals surface area (Å²) in [6.07, 6.45) is 3.31. The Morgan fingerprint density at radius 1 is 1.47 bits per heavy atom. The number of carbonyl (C=O) groups is 1. The van der Waals surface area contributed by atoms with Crippen molar-refractivity contribution >= 4 is 21.8 Å². The maximum Gasteiger partial charge on any atom is 0.224 e. The number of hydrogen-bond acceptors (Lipinski definition) is 2. The van der Waals surface area contributed by atoms with Crippen molar-refractivity contribution in [3.8, 4) is 0 Å².